The van der Waals surface area contributed by atoms with Crippen molar-refractivity contribution in [2.75, 3.05) is 18.0 Å². The number of carbonyl (C=O) groups excluding carboxylic acids is 1. The lowest BCUT2D eigenvalue weighted by atomic mass is 10.1. The van der Waals surface area contributed by atoms with Gasteiger partial charge in [0.25, 0.3) is 0 Å². The first-order valence-corrected chi connectivity index (χ1v) is 10.3. The van der Waals surface area contributed by atoms with E-state index in [0.717, 1.165) is 52.7 Å². The van der Waals surface area contributed by atoms with Crippen LogP contribution in [0.25, 0.3) is 21.1 Å². The van der Waals surface area contributed by atoms with Gasteiger partial charge in [0.05, 0.1) is 17.1 Å². The van der Waals surface area contributed by atoms with Crippen molar-refractivity contribution in [1.82, 2.24) is 25.5 Å². The Morgan fingerprint density at radius 1 is 1.32 bits per heavy atom. The quantitative estimate of drug-likeness (QED) is 0.545. The Kier molecular flexibility index (Phi) is 4.40. The van der Waals surface area contributed by atoms with Crippen LogP contribution in [0.2, 0.25) is 0 Å². The van der Waals surface area contributed by atoms with E-state index in [-0.39, 0.29) is 11.9 Å². The summed E-state index contributed by atoms with van der Waals surface area (Å²) in [6.45, 7) is 1.46. The van der Waals surface area contributed by atoms with E-state index < -0.39 is 0 Å². The highest BCUT2D eigenvalue weighted by Crippen LogP contribution is 2.31. The molecule has 1 aliphatic heterocycles. The van der Waals surface area contributed by atoms with Gasteiger partial charge < -0.3 is 10.2 Å². The van der Waals surface area contributed by atoms with E-state index in [1.165, 1.54) is 5.56 Å². The number of anilines is 1. The zero-order valence-electron chi connectivity index (χ0n) is 15.3. The monoisotopic (exact) mass is 392 g/mol. The van der Waals surface area contributed by atoms with Gasteiger partial charge in [-0.25, -0.2) is 9.97 Å². The van der Waals surface area contributed by atoms with E-state index in [9.17, 15) is 4.79 Å². The molecular formula is C20H20N6OS. The third-order valence-corrected chi connectivity index (χ3v) is 6.11. The van der Waals surface area contributed by atoms with Crippen LogP contribution in [0.15, 0.2) is 42.2 Å². The Morgan fingerprint density at radius 2 is 2.29 bits per heavy atom. The second kappa shape index (κ2) is 7.20. The Balaban J connectivity index is 1.26. The molecule has 4 heterocycles. The maximum absolute atomic E-state index is 12.9. The second-order valence-electron chi connectivity index (χ2n) is 7.02. The zero-order chi connectivity index (χ0) is 18.9. The van der Waals surface area contributed by atoms with Gasteiger partial charge in [0, 0.05) is 18.5 Å². The number of rotatable bonds is 5. The number of amides is 1. The van der Waals surface area contributed by atoms with E-state index >= 15 is 0 Å². The van der Waals surface area contributed by atoms with Crippen LogP contribution in [0.5, 0.6) is 0 Å². The first-order valence-electron chi connectivity index (χ1n) is 9.44. The minimum atomic E-state index is -0.173. The number of thiophene rings is 1. The molecular weight excluding hydrogens is 372 g/mol. The molecule has 1 amide bonds. The number of aromatic nitrogens is 4. The number of hydrogen-bond donors (Lipinski definition) is 2. The van der Waals surface area contributed by atoms with Crippen LogP contribution >= 0.6 is 11.3 Å². The summed E-state index contributed by atoms with van der Waals surface area (Å²) in [5, 5.41) is 14.3. The summed E-state index contributed by atoms with van der Waals surface area (Å²) >= 11 is 1.60. The largest absolute Gasteiger partial charge is 0.354 e. The van der Waals surface area contributed by atoms with E-state index in [2.05, 4.69) is 48.6 Å². The van der Waals surface area contributed by atoms with Crippen molar-refractivity contribution in [3.63, 3.8) is 0 Å². The third kappa shape index (κ3) is 3.09. The van der Waals surface area contributed by atoms with Gasteiger partial charge >= 0.3 is 0 Å². The molecule has 8 heteroatoms. The summed E-state index contributed by atoms with van der Waals surface area (Å²) < 4.78 is 0. The highest BCUT2D eigenvalue weighted by molar-refractivity contribution is 7.16. The summed E-state index contributed by atoms with van der Waals surface area (Å²) in [6, 6.07) is 8.09. The van der Waals surface area contributed by atoms with Gasteiger partial charge in [-0.3, -0.25) is 9.89 Å². The molecule has 1 saturated heterocycles. The normalized spacial score (nSPS) is 16.9. The Morgan fingerprint density at radius 3 is 3.25 bits per heavy atom. The van der Waals surface area contributed by atoms with Crippen molar-refractivity contribution < 1.29 is 4.79 Å². The number of benzene rings is 1. The molecule has 1 atom stereocenters. The number of nitrogens with one attached hydrogen (secondary N) is 2. The maximum atomic E-state index is 12.9. The lowest BCUT2D eigenvalue weighted by Gasteiger charge is -2.25. The van der Waals surface area contributed by atoms with E-state index in [4.69, 9.17) is 0 Å². The molecule has 2 N–H and O–H groups in total. The number of aromatic amines is 1. The Labute approximate surface area is 165 Å². The van der Waals surface area contributed by atoms with Gasteiger partial charge in [0.15, 0.2) is 0 Å². The zero-order valence-corrected chi connectivity index (χ0v) is 16.1. The number of hydrogen-bond acceptors (Lipinski definition) is 6. The average Bonchev–Trinajstić information content (AvgIpc) is 3.46. The molecule has 1 unspecified atom stereocenters. The Bertz CT molecular complexity index is 1140. The molecule has 0 spiro atoms. The third-order valence-electron chi connectivity index (χ3n) is 5.29. The predicted molar refractivity (Wildman–Crippen MR) is 111 cm³/mol. The lowest BCUT2D eigenvalue weighted by molar-refractivity contribution is -0.122. The molecule has 0 bridgehead atoms. The van der Waals surface area contributed by atoms with E-state index in [0.29, 0.717) is 6.54 Å². The van der Waals surface area contributed by atoms with Crippen LogP contribution in [0.1, 0.15) is 18.4 Å². The first kappa shape index (κ1) is 17.1. The summed E-state index contributed by atoms with van der Waals surface area (Å²) in [5.41, 5.74) is 2.20. The highest BCUT2D eigenvalue weighted by Gasteiger charge is 2.32. The van der Waals surface area contributed by atoms with Crippen molar-refractivity contribution in [1.29, 1.82) is 0 Å². The van der Waals surface area contributed by atoms with Gasteiger partial charge in [-0.2, -0.15) is 5.10 Å². The molecule has 4 aromatic rings. The standard InChI is InChI=1S/C20H20N6OS/c27-19(21-7-5-13-3-4-14-11-24-25-16(14)10-13)17-2-1-8-26(17)18-15-6-9-28-20(15)23-12-22-18/h3-4,6,9-12,17H,1-2,5,7-8H2,(H,21,27)(H,24,25). The lowest BCUT2D eigenvalue weighted by Crippen LogP contribution is -2.44. The molecule has 5 rings (SSSR count). The number of carbonyl (C=O) groups is 1. The van der Waals surface area contributed by atoms with Crippen LogP contribution in [0.3, 0.4) is 0 Å². The molecule has 0 radical (unpaired) electrons. The molecule has 142 valence electrons. The van der Waals surface area contributed by atoms with Crippen molar-refractivity contribution in [2.24, 2.45) is 0 Å². The van der Waals surface area contributed by atoms with Gasteiger partial charge in [0.1, 0.15) is 23.0 Å². The van der Waals surface area contributed by atoms with Gasteiger partial charge in [-0.1, -0.05) is 12.1 Å². The Hall–Kier alpha value is -3.00. The topological polar surface area (TPSA) is 86.8 Å². The van der Waals surface area contributed by atoms with E-state index in [1.807, 2.05) is 17.6 Å². The summed E-state index contributed by atoms with van der Waals surface area (Å²) in [6.07, 6.45) is 6.03. The number of H-pyrrole nitrogens is 1. The van der Waals surface area contributed by atoms with Crippen LogP contribution < -0.4 is 10.2 Å². The van der Waals surface area contributed by atoms with Crippen molar-refractivity contribution >= 4 is 44.2 Å². The first-order chi connectivity index (χ1) is 13.8. The van der Waals surface area contributed by atoms with Crippen molar-refractivity contribution in [3.8, 4) is 0 Å². The summed E-state index contributed by atoms with van der Waals surface area (Å²) in [7, 11) is 0. The van der Waals surface area contributed by atoms with Gasteiger partial charge in [0.2, 0.25) is 5.91 Å². The number of fused-ring (bicyclic) bond motifs is 2. The molecule has 1 fully saturated rings. The minimum Gasteiger partial charge on any atom is -0.354 e. The molecule has 7 nitrogen and oxygen atoms in total. The molecule has 28 heavy (non-hydrogen) atoms. The summed E-state index contributed by atoms with van der Waals surface area (Å²) in [4.78, 5) is 24.7. The summed E-state index contributed by atoms with van der Waals surface area (Å²) in [5.74, 6) is 0.940. The predicted octanol–water partition coefficient (Wildman–Crippen LogP) is 2.90. The van der Waals surface area contributed by atoms with Crippen molar-refractivity contribution in [3.05, 3.63) is 47.7 Å². The maximum Gasteiger partial charge on any atom is 0.242 e. The number of nitrogens with zero attached hydrogens (tertiary/aromatic N) is 4. The molecule has 0 aliphatic carbocycles. The molecule has 1 aromatic carbocycles. The highest BCUT2D eigenvalue weighted by atomic mass is 32.1. The fourth-order valence-corrected chi connectivity index (χ4v) is 4.61. The average molecular weight is 392 g/mol. The fourth-order valence-electron chi connectivity index (χ4n) is 3.89. The van der Waals surface area contributed by atoms with E-state index in [1.54, 1.807) is 17.7 Å². The van der Waals surface area contributed by atoms with Crippen LogP contribution in [0, 0.1) is 0 Å². The molecule has 0 saturated carbocycles. The van der Waals surface area contributed by atoms with Gasteiger partial charge in [-0.15, -0.1) is 11.3 Å². The fraction of sp³-hybridized carbons (Fsp3) is 0.300. The molecule has 3 aromatic heterocycles. The van der Waals surface area contributed by atoms with Crippen LogP contribution in [0.4, 0.5) is 5.82 Å². The van der Waals surface area contributed by atoms with Crippen LogP contribution in [-0.4, -0.2) is 45.2 Å². The smallest absolute Gasteiger partial charge is 0.242 e. The van der Waals surface area contributed by atoms with Crippen molar-refractivity contribution in [2.45, 2.75) is 25.3 Å². The van der Waals surface area contributed by atoms with Crippen LogP contribution in [-0.2, 0) is 11.2 Å². The van der Waals surface area contributed by atoms with Gasteiger partial charge in [-0.05, 0) is 42.3 Å². The molecule has 1 aliphatic rings. The SMILES string of the molecule is O=C(NCCc1ccc2cn[nH]c2c1)C1CCCN1c1ncnc2sccc12. The minimum absolute atomic E-state index is 0.0714. The second-order valence-corrected chi connectivity index (χ2v) is 7.92.